The molecule has 0 saturated carbocycles. The van der Waals surface area contributed by atoms with Crippen LogP contribution in [0.4, 0.5) is 17.3 Å². The lowest BCUT2D eigenvalue weighted by Crippen LogP contribution is -2.45. The number of carbonyl (C=O) groups excluding carboxylic acids is 2. The van der Waals surface area contributed by atoms with Gasteiger partial charge >= 0.3 is 0 Å². The van der Waals surface area contributed by atoms with E-state index in [4.69, 9.17) is 11.6 Å². The summed E-state index contributed by atoms with van der Waals surface area (Å²) in [6.45, 7) is 1.68. The van der Waals surface area contributed by atoms with Crippen molar-refractivity contribution in [2.45, 2.75) is 13.0 Å². The lowest BCUT2D eigenvalue weighted by Gasteiger charge is -2.24. The Hall–Kier alpha value is -3.89. The Labute approximate surface area is 181 Å². The van der Waals surface area contributed by atoms with Gasteiger partial charge in [-0.2, -0.15) is 0 Å². The second-order valence-corrected chi connectivity index (χ2v) is 7.70. The molecule has 9 nitrogen and oxygen atoms in total. The number of benzene rings is 1. The normalized spacial score (nSPS) is 11.8. The van der Waals surface area contributed by atoms with Crippen molar-refractivity contribution in [3.8, 4) is 0 Å². The van der Waals surface area contributed by atoms with E-state index in [9.17, 15) is 9.59 Å². The maximum absolute atomic E-state index is 12.6. The summed E-state index contributed by atoms with van der Waals surface area (Å²) in [5.41, 5.74) is 6.93. The first-order valence-electron chi connectivity index (χ1n) is 9.34. The first-order chi connectivity index (χ1) is 14.9. The van der Waals surface area contributed by atoms with Crippen molar-refractivity contribution in [1.82, 2.24) is 15.0 Å². The van der Waals surface area contributed by atoms with Gasteiger partial charge < -0.3 is 11.1 Å². The van der Waals surface area contributed by atoms with Gasteiger partial charge in [0.1, 0.15) is 6.04 Å². The van der Waals surface area contributed by atoms with E-state index in [1.165, 1.54) is 22.5 Å². The molecule has 156 valence electrons. The first-order valence-corrected chi connectivity index (χ1v) is 10.2. The summed E-state index contributed by atoms with van der Waals surface area (Å²) in [5.74, 6) is 5.64. The minimum absolute atomic E-state index is 0.0410. The highest BCUT2D eigenvalue weighted by Gasteiger charge is 2.24. The summed E-state index contributed by atoms with van der Waals surface area (Å²) >= 11 is 1.34. The number of anilines is 3. The van der Waals surface area contributed by atoms with Crippen molar-refractivity contribution in [2.24, 2.45) is 11.6 Å². The summed E-state index contributed by atoms with van der Waals surface area (Å²) in [6.07, 6.45) is 3.03. The Morgan fingerprint density at radius 1 is 1.16 bits per heavy atom. The van der Waals surface area contributed by atoms with Crippen LogP contribution in [-0.4, -0.2) is 32.7 Å². The maximum atomic E-state index is 12.6. The van der Waals surface area contributed by atoms with Gasteiger partial charge in [0.15, 0.2) is 23.1 Å². The average molecular weight is 433 g/mol. The Morgan fingerprint density at radius 2 is 2.00 bits per heavy atom. The fourth-order valence-electron chi connectivity index (χ4n) is 3.01. The number of primary amides is 1. The molecule has 0 fully saturated rings. The SMILES string of the molecule is CC(C(=O)c1cccs1)N(N)c1cnc(C(N)=O)c(Nc2ccc3ncccc3c2)n1. The number of hydrogen-bond acceptors (Lipinski definition) is 9. The molecular weight excluding hydrogens is 414 g/mol. The molecule has 3 heterocycles. The van der Waals surface area contributed by atoms with Crippen LogP contribution in [0.3, 0.4) is 0 Å². The van der Waals surface area contributed by atoms with Crippen LogP contribution in [0.5, 0.6) is 0 Å². The summed E-state index contributed by atoms with van der Waals surface area (Å²) < 4.78 is 0. The molecule has 0 aliphatic heterocycles. The molecule has 31 heavy (non-hydrogen) atoms. The average Bonchev–Trinajstić information content (AvgIpc) is 3.32. The van der Waals surface area contributed by atoms with Crippen LogP contribution in [0.25, 0.3) is 10.9 Å². The molecule has 0 aliphatic carbocycles. The van der Waals surface area contributed by atoms with Gasteiger partial charge in [0.2, 0.25) is 0 Å². The highest BCUT2D eigenvalue weighted by Crippen LogP contribution is 2.24. The van der Waals surface area contributed by atoms with Gasteiger partial charge in [-0.25, -0.2) is 15.8 Å². The zero-order valence-corrected chi connectivity index (χ0v) is 17.3. The lowest BCUT2D eigenvalue weighted by molar-refractivity contribution is 0.0965. The second kappa shape index (κ2) is 8.46. The van der Waals surface area contributed by atoms with Crippen molar-refractivity contribution >= 4 is 51.3 Å². The van der Waals surface area contributed by atoms with Crippen LogP contribution in [-0.2, 0) is 0 Å². The van der Waals surface area contributed by atoms with Crippen LogP contribution in [0.1, 0.15) is 27.1 Å². The van der Waals surface area contributed by atoms with Crippen molar-refractivity contribution in [3.63, 3.8) is 0 Å². The number of nitrogens with two attached hydrogens (primary N) is 2. The van der Waals surface area contributed by atoms with Gasteiger partial charge in [-0.05, 0) is 42.6 Å². The molecule has 0 radical (unpaired) electrons. The minimum Gasteiger partial charge on any atom is -0.364 e. The van der Waals surface area contributed by atoms with Crippen LogP contribution >= 0.6 is 11.3 Å². The van der Waals surface area contributed by atoms with Crippen molar-refractivity contribution in [3.05, 3.63) is 70.8 Å². The number of Topliss-reactive ketones (excluding diaryl/α,β-unsaturated/α-hetero) is 1. The Morgan fingerprint density at radius 3 is 2.74 bits per heavy atom. The van der Waals surface area contributed by atoms with Gasteiger partial charge in [-0.3, -0.25) is 19.6 Å². The summed E-state index contributed by atoms with van der Waals surface area (Å²) in [6, 6.07) is 12.1. The molecule has 4 aromatic rings. The lowest BCUT2D eigenvalue weighted by atomic mass is 10.2. The van der Waals surface area contributed by atoms with E-state index < -0.39 is 11.9 Å². The summed E-state index contributed by atoms with van der Waals surface area (Å²) in [5, 5.41) is 7.02. The number of thiophene rings is 1. The van der Waals surface area contributed by atoms with Crippen molar-refractivity contribution in [2.75, 3.05) is 10.3 Å². The van der Waals surface area contributed by atoms with Crippen LogP contribution in [0, 0.1) is 0 Å². The molecule has 1 atom stereocenters. The quantitative estimate of drug-likeness (QED) is 0.230. The minimum atomic E-state index is -0.740. The number of rotatable bonds is 7. The molecule has 0 saturated heterocycles. The zero-order valence-electron chi connectivity index (χ0n) is 16.5. The number of amides is 1. The standard InChI is InChI=1S/C21H19N7O2S/c1-12(19(29)16-5-3-9-31-16)28(23)17-11-25-18(20(22)30)21(27-17)26-14-6-7-15-13(10-14)4-2-8-24-15/h2-12H,23H2,1H3,(H2,22,30)(H,26,27). The van der Waals surface area contributed by atoms with Gasteiger partial charge in [-0.1, -0.05) is 12.1 Å². The highest BCUT2D eigenvalue weighted by molar-refractivity contribution is 7.12. The van der Waals surface area contributed by atoms with Crippen LogP contribution in [0.2, 0.25) is 0 Å². The number of ketones is 1. The van der Waals surface area contributed by atoms with E-state index in [0.717, 1.165) is 10.9 Å². The Bertz CT molecular complexity index is 1260. The van der Waals surface area contributed by atoms with Gasteiger partial charge in [0.05, 0.1) is 16.6 Å². The largest absolute Gasteiger partial charge is 0.364 e. The van der Waals surface area contributed by atoms with E-state index in [1.54, 1.807) is 31.3 Å². The number of hydrogen-bond donors (Lipinski definition) is 3. The molecule has 4 rings (SSSR count). The molecule has 5 N–H and O–H groups in total. The monoisotopic (exact) mass is 433 g/mol. The molecule has 3 aromatic heterocycles. The second-order valence-electron chi connectivity index (χ2n) is 6.75. The molecular formula is C21H19N7O2S. The molecule has 0 bridgehead atoms. The van der Waals surface area contributed by atoms with E-state index >= 15 is 0 Å². The molecule has 10 heteroatoms. The number of hydrazine groups is 1. The third-order valence-electron chi connectivity index (χ3n) is 4.68. The van der Waals surface area contributed by atoms with E-state index in [0.29, 0.717) is 10.6 Å². The van der Waals surface area contributed by atoms with E-state index in [1.807, 2.05) is 29.6 Å². The van der Waals surface area contributed by atoms with Crippen LogP contribution in [0.15, 0.2) is 60.2 Å². The summed E-state index contributed by atoms with van der Waals surface area (Å²) in [4.78, 5) is 37.9. The van der Waals surface area contributed by atoms with Gasteiger partial charge in [0.25, 0.3) is 5.91 Å². The smallest absolute Gasteiger partial charge is 0.271 e. The number of nitrogens with one attached hydrogen (secondary N) is 1. The fourth-order valence-corrected chi connectivity index (χ4v) is 3.76. The zero-order chi connectivity index (χ0) is 22.0. The Kier molecular flexibility index (Phi) is 5.56. The molecule has 0 spiro atoms. The van der Waals surface area contributed by atoms with Crippen LogP contribution < -0.4 is 21.9 Å². The number of aromatic nitrogens is 3. The van der Waals surface area contributed by atoms with Crippen molar-refractivity contribution < 1.29 is 9.59 Å². The summed E-state index contributed by atoms with van der Waals surface area (Å²) in [7, 11) is 0. The number of pyridine rings is 1. The molecule has 1 amide bonds. The first kappa shape index (κ1) is 20.4. The van der Waals surface area contributed by atoms with E-state index in [-0.39, 0.29) is 23.1 Å². The van der Waals surface area contributed by atoms with Gasteiger partial charge in [-0.15, -0.1) is 11.3 Å². The third kappa shape index (κ3) is 4.20. The third-order valence-corrected chi connectivity index (χ3v) is 5.57. The number of nitrogens with zero attached hydrogens (tertiary/aromatic N) is 4. The predicted octanol–water partition coefficient (Wildman–Crippen LogP) is 2.88. The predicted molar refractivity (Wildman–Crippen MR) is 120 cm³/mol. The Balaban J connectivity index is 1.65. The molecule has 1 aromatic carbocycles. The van der Waals surface area contributed by atoms with E-state index in [2.05, 4.69) is 20.3 Å². The molecule has 1 unspecified atom stereocenters. The number of carbonyl (C=O) groups is 2. The fraction of sp³-hybridized carbons (Fsp3) is 0.0952. The highest BCUT2D eigenvalue weighted by atomic mass is 32.1. The maximum Gasteiger partial charge on any atom is 0.271 e. The number of fused-ring (bicyclic) bond motifs is 1. The van der Waals surface area contributed by atoms with Gasteiger partial charge in [0, 0.05) is 17.3 Å². The molecule has 0 aliphatic rings. The van der Waals surface area contributed by atoms with Crippen molar-refractivity contribution in [1.29, 1.82) is 0 Å². The topological polar surface area (TPSA) is 140 Å².